The van der Waals surface area contributed by atoms with Gasteiger partial charge in [-0.2, -0.15) is 0 Å². The molecule has 0 aliphatic rings. The first-order chi connectivity index (χ1) is 11.9. The highest BCUT2D eigenvalue weighted by atomic mass is 35.5. The van der Waals surface area contributed by atoms with Crippen molar-refractivity contribution in [2.24, 2.45) is 0 Å². The summed E-state index contributed by atoms with van der Waals surface area (Å²) >= 11 is 11.1. The number of methoxy groups -OCH3 is 1. The number of carbonyl (C=O) groups excluding carboxylic acids is 1. The molecule has 2 aromatic rings. The number of carboxylic acid groups (broad SMARTS) is 1. The number of benzene rings is 2. The van der Waals surface area contributed by atoms with E-state index in [0.29, 0.717) is 22.9 Å². The van der Waals surface area contributed by atoms with E-state index in [0.717, 1.165) is 5.56 Å². The normalized spacial score (nSPS) is 10.0. The van der Waals surface area contributed by atoms with Crippen molar-refractivity contribution in [1.82, 2.24) is 10.6 Å². The van der Waals surface area contributed by atoms with Gasteiger partial charge in [-0.1, -0.05) is 23.7 Å². The Labute approximate surface area is 154 Å². The molecule has 0 atom stereocenters. The standard InChI is InChI=1S/C17H15ClN2O4S/c1-24-14-7-6-12(8-13(14)18)15(21)20-17(25)19-9-10-2-4-11(5-3-10)16(22)23/h2-8H,9H2,1H3,(H,22,23)(H2,19,20,21,25). The topological polar surface area (TPSA) is 87.7 Å². The van der Waals surface area contributed by atoms with E-state index in [4.69, 9.17) is 33.7 Å². The van der Waals surface area contributed by atoms with Crippen LogP contribution in [-0.2, 0) is 6.54 Å². The Morgan fingerprint density at radius 3 is 2.36 bits per heavy atom. The summed E-state index contributed by atoms with van der Waals surface area (Å²) < 4.78 is 5.03. The maximum atomic E-state index is 12.1. The molecule has 1 amide bonds. The molecule has 0 aliphatic carbocycles. The van der Waals surface area contributed by atoms with Gasteiger partial charge < -0.3 is 15.2 Å². The number of ether oxygens (including phenoxy) is 1. The molecule has 0 saturated carbocycles. The van der Waals surface area contributed by atoms with E-state index in [1.165, 1.54) is 25.3 Å². The van der Waals surface area contributed by atoms with Gasteiger partial charge in [-0.25, -0.2) is 4.79 Å². The van der Waals surface area contributed by atoms with Crippen molar-refractivity contribution >= 4 is 40.8 Å². The fraction of sp³-hybridized carbons (Fsp3) is 0.118. The van der Waals surface area contributed by atoms with Crippen molar-refractivity contribution in [3.8, 4) is 5.75 Å². The van der Waals surface area contributed by atoms with Crippen LogP contribution >= 0.6 is 23.8 Å². The maximum Gasteiger partial charge on any atom is 0.335 e. The number of hydrogen-bond donors (Lipinski definition) is 3. The maximum absolute atomic E-state index is 12.1. The van der Waals surface area contributed by atoms with Gasteiger partial charge in [0.15, 0.2) is 5.11 Å². The molecule has 130 valence electrons. The van der Waals surface area contributed by atoms with E-state index < -0.39 is 11.9 Å². The predicted molar refractivity (Wildman–Crippen MR) is 98.3 cm³/mol. The van der Waals surface area contributed by atoms with Crippen LogP contribution in [0.1, 0.15) is 26.3 Å². The van der Waals surface area contributed by atoms with Crippen LogP contribution in [0.15, 0.2) is 42.5 Å². The SMILES string of the molecule is COc1ccc(C(=O)NC(=S)NCc2ccc(C(=O)O)cc2)cc1Cl. The molecule has 8 heteroatoms. The number of halogens is 1. The summed E-state index contributed by atoms with van der Waals surface area (Å²) in [6.45, 7) is 0.350. The molecule has 2 rings (SSSR count). The van der Waals surface area contributed by atoms with Crippen LogP contribution in [0.4, 0.5) is 0 Å². The Kier molecular flexibility index (Phi) is 6.32. The highest BCUT2D eigenvalue weighted by molar-refractivity contribution is 7.80. The molecule has 0 bridgehead atoms. The zero-order valence-corrected chi connectivity index (χ0v) is 14.8. The summed E-state index contributed by atoms with van der Waals surface area (Å²) in [7, 11) is 1.49. The lowest BCUT2D eigenvalue weighted by Crippen LogP contribution is -2.38. The zero-order chi connectivity index (χ0) is 18.4. The first kappa shape index (κ1) is 18.7. The van der Waals surface area contributed by atoms with Crippen LogP contribution in [0.5, 0.6) is 5.75 Å². The van der Waals surface area contributed by atoms with Crippen molar-refractivity contribution < 1.29 is 19.4 Å². The van der Waals surface area contributed by atoms with E-state index in [-0.39, 0.29) is 10.7 Å². The largest absolute Gasteiger partial charge is 0.495 e. The van der Waals surface area contributed by atoms with Crippen molar-refractivity contribution in [1.29, 1.82) is 0 Å². The van der Waals surface area contributed by atoms with Gasteiger partial charge in [0, 0.05) is 12.1 Å². The van der Waals surface area contributed by atoms with Crippen molar-refractivity contribution in [2.45, 2.75) is 6.54 Å². The van der Waals surface area contributed by atoms with E-state index in [9.17, 15) is 9.59 Å². The van der Waals surface area contributed by atoms with Crippen molar-refractivity contribution in [2.75, 3.05) is 7.11 Å². The average Bonchev–Trinajstić information content (AvgIpc) is 2.60. The summed E-state index contributed by atoms with van der Waals surface area (Å²) in [4.78, 5) is 22.9. The Balaban J connectivity index is 1.90. The molecular weight excluding hydrogens is 364 g/mol. The number of rotatable bonds is 5. The molecule has 0 aliphatic heterocycles. The second-order valence-electron chi connectivity index (χ2n) is 4.99. The molecular formula is C17H15ClN2O4S. The predicted octanol–water partition coefficient (Wildman–Crippen LogP) is 2.85. The lowest BCUT2D eigenvalue weighted by atomic mass is 10.1. The zero-order valence-electron chi connectivity index (χ0n) is 13.2. The lowest BCUT2D eigenvalue weighted by Gasteiger charge is -2.10. The number of carboxylic acids is 1. The van der Waals surface area contributed by atoms with E-state index in [1.54, 1.807) is 24.3 Å². The number of thiocarbonyl (C=S) groups is 1. The van der Waals surface area contributed by atoms with Gasteiger partial charge in [0.25, 0.3) is 5.91 Å². The van der Waals surface area contributed by atoms with E-state index in [2.05, 4.69) is 10.6 Å². The molecule has 2 aromatic carbocycles. The smallest absolute Gasteiger partial charge is 0.335 e. The molecule has 6 nitrogen and oxygen atoms in total. The quantitative estimate of drug-likeness (QED) is 0.693. The average molecular weight is 379 g/mol. The molecule has 3 N–H and O–H groups in total. The number of carbonyl (C=O) groups is 2. The van der Waals surface area contributed by atoms with Gasteiger partial charge in [0.05, 0.1) is 17.7 Å². The van der Waals surface area contributed by atoms with Crippen LogP contribution in [0.25, 0.3) is 0 Å². The highest BCUT2D eigenvalue weighted by Crippen LogP contribution is 2.24. The van der Waals surface area contributed by atoms with Crippen LogP contribution < -0.4 is 15.4 Å². The first-order valence-electron chi connectivity index (χ1n) is 7.15. The van der Waals surface area contributed by atoms with Crippen molar-refractivity contribution in [3.63, 3.8) is 0 Å². The molecule has 0 radical (unpaired) electrons. The van der Waals surface area contributed by atoms with E-state index in [1.807, 2.05) is 0 Å². The highest BCUT2D eigenvalue weighted by Gasteiger charge is 2.10. The monoisotopic (exact) mass is 378 g/mol. The molecule has 0 aromatic heterocycles. The number of hydrogen-bond acceptors (Lipinski definition) is 4. The minimum Gasteiger partial charge on any atom is -0.495 e. The second kappa shape index (κ2) is 8.46. The fourth-order valence-electron chi connectivity index (χ4n) is 1.97. The van der Waals surface area contributed by atoms with Crippen molar-refractivity contribution in [3.05, 3.63) is 64.2 Å². The van der Waals surface area contributed by atoms with Crippen LogP contribution in [0.3, 0.4) is 0 Å². The molecule has 0 heterocycles. The number of aromatic carboxylic acids is 1. The van der Waals surface area contributed by atoms with Crippen LogP contribution in [0, 0.1) is 0 Å². The Morgan fingerprint density at radius 2 is 1.80 bits per heavy atom. The Hall–Kier alpha value is -2.64. The summed E-state index contributed by atoms with van der Waals surface area (Å²) in [6, 6.07) is 11.0. The summed E-state index contributed by atoms with van der Waals surface area (Å²) in [6.07, 6.45) is 0. The molecule has 0 fully saturated rings. The van der Waals surface area contributed by atoms with Crippen LogP contribution in [0.2, 0.25) is 5.02 Å². The lowest BCUT2D eigenvalue weighted by molar-refractivity contribution is 0.0696. The summed E-state index contributed by atoms with van der Waals surface area (Å²) in [5.41, 5.74) is 1.38. The van der Waals surface area contributed by atoms with Gasteiger partial charge in [-0.05, 0) is 48.1 Å². The van der Waals surface area contributed by atoms with Gasteiger partial charge in [0.1, 0.15) is 5.75 Å². The third-order valence-corrected chi connectivity index (χ3v) is 3.84. The molecule has 0 saturated heterocycles. The summed E-state index contributed by atoms with van der Waals surface area (Å²) in [5.74, 6) is -0.910. The number of nitrogens with one attached hydrogen (secondary N) is 2. The number of amides is 1. The Morgan fingerprint density at radius 1 is 1.16 bits per heavy atom. The van der Waals surface area contributed by atoms with Gasteiger partial charge >= 0.3 is 5.97 Å². The molecule has 0 spiro atoms. The Bertz CT molecular complexity index is 809. The third kappa shape index (κ3) is 5.17. The van der Waals surface area contributed by atoms with Gasteiger partial charge in [-0.3, -0.25) is 10.1 Å². The van der Waals surface area contributed by atoms with Gasteiger partial charge in [-0.15, -0.1) is 0 Å². The van der Waals surface area contributed by atoms with Gasteiger partial charge in [0.2, 0.25) is 0 Å². The molecule has 0 unspecified atom stereocenters. The van der Waals surface area contributed by atoms with E-state index >= 15 is 0 Å². The summed E-state index contributed by atoms with van der Waals surface area (Å²) in [5, 5.41) is 14.8. The van der Waals surface area contributed by atoms with Crippen LogP contribution in [-0.4, -0.2) is 29.2 Å². The minimum absolute atomic E-state index is 0.152. The first-order valence-corrected chi connectivity index (χ1v) is 7.94. The molecule has 25 heavy (non-hydrogen) atoms. The minimum atomic E-state index is -0.986. The third-order valence-electron chi connectivity index (χ3n) is 3.30. The fourth-order valence-corrected chi connectivity index (χ4v) is 2.40. The second-order valence-corrected chi connectivity index (χ2v) is 5.80.